The number of guanidine groups is 1. The van der Waals surface area contributed by atoms with Crippen molar-refractivity contribution >= 4 is 16.0 Å². The zero-order chi connectivity index (χ0) is 18.8. The highest BCUT2D eigenvalue weighted by atomic mass is 32.2. The van der Waals surface area contributed by atoms with E-state index in [-0.39, 0.29) is 18.4 Å². The maximum Gasteiger partial charge on any atom is 0.213 e. The molecule has 146 valence electrons. The Morgan fingerprint density at radius 3 is 2.77 bits per heavy atom. The van der Waals surface area contributed by atoms with Crippen LogP contribution in [0.2, 0.25) is 0 Å². The third-order valence-electron chi connectivity index (χ3n) is 4.40. The molecule has 0 aromatic heterocycles. The molecule has 0 spiro atoms. The summed E-state index contributed by atoms with van der Waals surface area (Å²) in [6.45, 7) is 4.05. The number of ether oxygens (including phenoxy) is 1. The third-order valence-corrected chi connectivity index (χ3v) is 5.75. The van der Waals surface area contributed by atoms with E-state index in [9.17, 15) is 8.42 Å². The smallest absolute Gasteiger partial charge is 0.213 e. The molecule has 1 aromatic carbocycles. The molecular formula is C18H30N4O3S. The second-order valence-electron chi connectivity index (χ2n) is 6.43. The number of aliphatic imine (C=N–C) groups is 1. The van der Waals surface area contributed by atoms with E-state index < -0.39 is 10.0 Å². The molecule has 8 heteroatoms. The number of nitrogens with zero attached hydrogens (tertiary/aromatic N) is 1. The van der Waals surface area contributed by atoms with Crippen molar-refractivity contribution in [1.82, 2.24) is 15.4 Å². The highest BCUT2D eigenvalue weighted by Gasteiger charge is 2.17. The van der Waals surface area contributed by atoms with E-state index in [4.69, 9.17) is 4.74 Å². The Morgan fingerprint density at radius 1 is 1.27 bits per heavy atom. The lowest BCUT2D eigenvalue weighted by atomic mass is 10.1. The van der Waals surface area contributed by atoms with Gasteiger partial charge >= 0.3 is 0 Å². The topological polar surface area (TPSA) is 91.8 Å². The molecule has 2 rings (SSSR count). The molecule has 0 saturated carbocycles. The van der Waals surface area contributed by atoms with Gasteiger partial charge in [0.2, 0.25) is 10.0 Å². The van der Waals surface area contributed by atoms with Crippen LogP contribution in [0.25, 0.3) is 0 Å². The van der Waals surface area contributed by atoms with Gasteiger partial charge in [0, 0.05) is 33.3 Å². The average Bonchev–Trinajstić information content (AvgIpc) is 2.65. The van der Waals surface area contributed by atoms with Crippen molar-refractivity contribution in [3.8, 4) is 0 Å². The minimum absolute atomic E-state index is 0.00460. The molecule has 0 bridgehead atoms. The second-order valence-corrected chi connectivity index (χ2v) is 8.36. The van der Waals surface area contributed by atoms with Gasteiger partial charge in [0.25, 0.3) is 0 Å². The summed E-state index contributed by atoms with van der Waals surface area (Å²) in [7, 11) is -1.67. The van der Waals surface area contributed by atoms with Crippen LogP contribution in [0.15, 0.2) is 29.3 Å². The van der Waals surface area contributed by atoms with Crippen LogP contribution >= 0.6 is 0 Å². The van der Waals surface area contributed by atoms with Gasteiger partial charge in [-0.2, -0.15) is 0 Å². The van der Waals surface area contributed by atoms with E-state index in [1.807, 2.05) is 12.1 Å². The summed E-state index contributed by atoms with van der Waals surface area (Å²) in [5.74, 6) is 0.573. The first-order chi connectivity index (χ1) is 12.5. The van der Waals surface area contributed by atoms with Crippen molar-refractivity contribution in [3.63, 3.8) is 0 Å². The maximum absolute atomic E-state index is 12.1. The van der Waals surface area contributed by atoms with E-state index in [2.05, 4.69) is 39.4 Å². The highest BCUT2D eigenvalue weighted by Crippen LogP contribution is 2.11. The van der Waals surface area contributed by atoms with Gasteiger partial charge in [-0.25, -0.2) is 13.1 Å². The van der Waals surface area contributed by atoms with Crippen molar-refractivity contribution in [2.45, 2.75) is 38.8 Å². The van der Waals surface area contributed by atoms with E-state index in [1.165, 1.54) is 11.1 Å². The summed E-state index contributed by atoms with van der Waals surface area (Å²) in [6.07, 6.45) is 3.06. The van der Waals surface area contributed by atoms with Gasteiger partial charge in [0.1, 0.15) is 0 Å². The van der Waals surface area contributed by atoms with Gasteiger partial charge in [0.05, 0.1) is 11.9 Å². The minimum atomic E-state index is -3.33. The largest absolute Gasteiger partial charge is 0.377 e. The molecule has 1 fully saturated rings. The van der Waals surface area contributed by atoms with E-state index in [0.29, 0.717) is 19.0 Å². The minimum Gasteiger partial charge on any atom is -0.377 e. The lowest BCUT2D eigenvalue weighted by Crippen LogP contribution is -2.42. The molecule has 0 amide bonds. The molecule has 3 N–H and O–H groups in total. The molecule has 1 aromatic rings. The Hall–Kier alpha value is -1.64. The summed E-state index contributed by atoms with van der Waals surface area (Å²) >= 11 is 0. The molecule has 1 heterocycles. The van der Waals surface area contributed by atoms with E-state index in [0.717, 1.165) is 25.9 Å². The zero-order valence-electron chi connectivity index (χ0n) is 15.6. The van der Waals surface area contributed by atoms with Crippen molar-refractivity contribution in [1.29, 1.82) is 0 Å². The molecule has 1 unspecified atom stereocenters. The molecule has 1 aliphatic heterocycles. The van der Waals surface area contributed by atoms with Gasteiger partial charge in [-0.15, -0.1) is 0 Å². The first-order valence-electron chi connectivity index (χ1n) is 9.08. The monoisotopic (exact) mass is 382 g/mol. The predicted octanol–water partition coefficient (Wildman–Crippen LogP) is 1.15. The Balaban J connectivity index is 1.69. The number of aryl methyl sites for hydroxylation is 1. The van der Waals surface area contributed by atoms with Crippen LogP contribution in [-0.4, -0.2) is 53.0 Å². The fourth-order valence-corrected chi connectivity index (χ4v) is 3.73. The summed E-state index contributed by atoms with van der Waals surface area (Å²) < 4.78 is 32.4. The standard InChI is InChI=1S/C18H30N4O3S/c1-15-7-3-4-8-16(15)13-21-18(19-2)20-10-12-26(23,24)22-14-17-9-5-6-11-25-17/h3-4,7-8,17,22H,5-6,9-14H2,1-2H3,(H2,19,20,21). The highest BCUT2D eigenvalue weighted by molar-refractivity contribution is 7.89. The summed E-state index contributed by atoms with van der Waals surface area (Å²) in [4.78, 5) is 4.13. The van der Waals surface area contributed by atoms with Gasteiger partial charge < -0.3 is 15.4 Å². The van der Waals surface area contributed by atoms with Gasteiger partial charge in [-0.3, -0.25) is 4.99 Å². The lowest BCUT2D eigenvalue weighted by molar-refractivity contribution is 0.0200. The molecule has 0 aliphatic carbocycles. The van der Waals surface area contributed by atoms with Crippen LogP contribution in [0.4, 0.5) is 0 Å². The summed E-state index contributed by atoms with van der Waals surface area (Å²) in [6, 6.07) is 8.11. The van der Waals surface area contributed by atoms with Gasteiger partial charge in [-0.05, 0) is 37.3 Å². The summed E-state index contributed by atoms with van der Waals surface area (Å²) in [5, 5.41) is 6.24. The molecule has 1 aliphatic rings. The normalized spacial score (nSPS) is 18.5. The Kier molecular flexibility index (Phi) is 8.34. The van der Waals surface area contributed by atoms with Crippen molar-refractivity contribution in [3.05, 3.63) is 35.4 Å². The lowest BCUT2D eigenvalue weighted by Gasteiger charge is -2.22. The zero-order valence-corrected chi connectivity index (χ0v) is 16.4. The van der Waals surface area contributed by atoms with Crippen molar-refractivity contribution in [2.24, 2.45) is 4.99 Å². The second kappa shape index (κ2) is 10.5. The van der Waals surface area contributed by atoms with Gasteiger partial charge in [0.15, 0.2) is 5.96 Å². The molecular weight excluding hydrogens is 352 g/mol. The third kappa shape index (κ3) is 7.31. The fraction of sp³-hybridized carbons (Fsp3) is 0.611. The predicted molar refractivity (Wildman–Crippen MR) is 105 cm³/mol. The van der Waals surface area contributed by atoms with Crippen LogP contribution in [0.5, 0.6) is 0 Å². The first kappa shape index (κ1) is 20.7. The number of nitrogens with one attached hydrogen (secondary N) is 3. The number of hydrogen-bond acceptors (Lipinski definition) is 4. The van der Waals surface area contributed by atoms with Crippen LogP contribution in [0.3, 0.4) is 0 Å². The number of hydrogen-bond donors (Lipinski definition) is 3. The number of benzene rings is 1. The van der Waals surface area contributed by atoms with Crippen LogP contribution < -0.4 is 15.4 Å². The summed E-state index contributed by atoms with van der Waals surface area (Å²) in [5.41, 5.74) is 2.38. The Labute approximate surface area is 156 Å². The van der Waals surface area contributed by atoms with E-state index >= 15 is 0 Å². The quantitative estimate of drug-likeness (QED) is 0.463. The number of sulfonamides is 1. The first-order valence-corrected chi connectivity index (χ1v) is 10.7. The fourth-order valence-electron chi connectivity index (χ4n) is 2.77. The van der Waals surface area contributed by atoms with Crippen LogP contribution in [0.1, 0.15) is 30.4 Å². The molecule has 26 heavy (non-hydrogen) atoms. The molecule has 1 saturated heterocycles. The Morgan fingerprint density at radius 2 is 2.08 bits per heavy atom. The van der Waals surface area contributed by atoms with Crippen molar-refractivity contribution < 1.29 is 13.2 Å². The number of rotatable bonds is 8. The SMILES string of the molecule is CN=C(NCCS(=O)(=O)NCC1CCCCO1)NCc1ccccc1C. The Bertz CT molecular complexity index is 685. The average molecular weight is 383 g/mol. The molecule has 7 nitrogen and oxygen atoms in total. The van der Waals surface area contributed by atoms with Crippen molar-refractivity contribution in [2.75, 3.05) is 32.5 Å². The van der Waals surface area contributed by atoms with Gasteiger partial charge in [-0.1, -0.05) is 24.3 Å². The van der Waals surface area contributed by atoms with E-state index in [1.54, 1.807) is 7.05 Å². The maximum atomic E-state index is 12.1. The van der Waals surface area contributed by atoms with Crippen LogP contribution in [-0.2, 0) is 21.3 Å². The van der Waals surface area contributed by atoms with Crippen LogP contribution in [0, 0.1) is 6.92 Å². The molecule has 0 radical (unpaired) electrons. The molecule has 1 atom stereocenters.